The van der Waals surface area contributed by atoms with Gasteiger partial charge in [-0.2, -0.15) is 4.98 Å². The van der Waals surface area contributed by atoms with Crippen molar-refractivity contribution >= 4 is 0 Å². The number of fused-ring (bicyclic) bond motifs is 1. The van der Waals surface area contributed by atoms with E-state index in [1.165, 1.54) is 0 Å². The lowest BCUT2D eigenvalue weighted by molar-refractivity contribution is 0.0182. The van der Waals surface area contributed by atoms with Crippen molar-refractivity contribution < 1.29 is 18.0 Å². The molecule has 0 fully saturated rings. The summed E-state index contributed by atoms with van der Waals surface area (Å²) in [5, 5.41) is 7.11. The molecular formula is C12H15F2N5O2. The van der Waals surface area contributed by atoms with Crippen LogP contribution in [0.4, 0.5) is 8.78 Å². The zero-order chi connectivity index (χ0) is 14.7. The fourth-order valence-electron chi connectivity index (χ4n) is 2.19. The minimum absolute atomic E-state index is 0.0796. The van der Waals surface area contributed by atoms with E-state index in [1.54, 1.807) is 6.33 Å². The van der Waals surface area contributed by atoms with E-state index >= 15 is 0 Å². The minimum atomic E-state index is -2.46. The first-order valence-electron chi connectivity index (χ1n) is 6.65. The number of alkyl halides is 2. The predicted molar refractivity (Wildman–Crippen MR) is 66.7 cm³/mol. The standard InChI is InChI=1S/C12H15F2N5O2/c13-10(14)5-20-2-1-11-18-12(21-19-11)8-3-7-9(4-15-8)17-6-16-7/h6,8,10,15H,1-5H2,(H,16,17). The molecule has 2 N–H and O–H groups in total. The summed E-state index contributed by atoms with van der Waals surface area (Å²) in [7, 11) is 0. The Morgan fingerprint density at radius 2 is 2.38 bits per heavy atom. The molecular weight excluding hydrogens is 284 g/mol. The second-order valence-electron chi connectivity index (χ2n) is 4.73. The molecule has 2 aromatic heterocycles. The lowest BCUT2D eigenvalue weighted by Gasteiger charge is -2.19. The van der Waals surface area contributed by atoms with Gasteiger partial charge >= 0.3 is 0 Å². The summed E-state index contributed by atoms with van der Waals surface area (Å²) in [6.07, 6.45) is 0.216. The Morgan fingerprint density at radius 3 is 3.24 bits per heavy atom. The number of nitrogens with zero attached hydrogens (tertiary/aromatic N) is 3. The number of ether oxygens (including phenoxy) is 1. The van der Waals surface area contributed by atoms with Gasteiger partial charge in [0.2, 0.25) is 5.89 Å². The van der Waals surface area contributed by atoms with Crippen LogP contribution >= 0.6 is 0 Å². The van der Waals surface area contributed by atoms with Crippen molar-refractivity contribution in [1.82, 2.24) is 25.4 Å². The third kappa shape index (κ3) is 3.42. The highest BCUT2D eigenvalue weighted by atomic mass is 19.3. The van der Waals surface area contributed by atoms with Gasteiger partial charge in [-0.3, -0.25) is 5.32 Å². The Bertz CT molecular complexity index is 586. The van der Waals surface area contributed by atoms with Crippen LogP contribution in [-0.4, -0.2) is 39.7 Å². The number of nitrogens with one attached hydrogen (secondary N) is 2. The van der Waals surface area contributed by atoms with Crippen LogP contribution in [0.2, 0.25) is 0 Å². The zero-order valence-electron chi connectivity index (χ0n) is 11.2. The number of hydrogen-bond donors (Lipinski definition) is 2. The van der Waals surface area contributed by atoms with Gasteiger partial charge in [-0.05, 0) is 0 Å². The number of imidazole rings is 1. The molecule has 3 heterocycles. The molecule has 2 aromatic rings. The van der Waals surface area contributed by atoms with Crippen molar-refractivity contribution in [1.29, 1.82) is 0 Å². The Kier molecular flexibility index (Phi) is 4.20. The molecule has 1 aliphatic heterocycles. The molecule has 0 aliphatic carbocycles. The number of aromatic amines is 1. The van der Waals surface area contributed by atoms with E-state index in [0.29, 0.717) is 31.1 Å². The summed E-state index contributed by atoms with van der Waals surface area (Å²) >= 11 is 0. The summed E-state index contributed by atoms with van der Waals surface area (Å²) in [5.74, 6) is 0.932. The highest BCUT2D eigenvalue weighted by molar-refractivity contribution is 5.17. The normalized spacial score (nSPS) is 18.1. The van der Waals surface area contributed by atoms with Gasteiger partial charge in [-0.25, -0.2) is 13.8 Å². The fraction of sp³-hybridized carbons (Fsp3) is 0.583. The Balaban J connectivity index is 1.53. The van der Waals surface area contributed by atoms with E-state index in [9.17, 15) is 8.78 Å². The van der Waals surface area contributed by atoms with Crippen molar-refractivity contribution in [2.45, 2.75) is 31.9 Å². The second kappa shape index (κ2) is 6.27. The van der Waals surface area contributed by atoms with Crippen LogP contribution < -0.4 is 5.32 Å². The average molecular weight is 299 g/mol. The quantitative estimate of drug-likeness (QED) is 0.774. The van der Waals surface area contributed by atoms with Gasteiger partial charge in [0, 0.05) is 19.4 Å². The zero-order valence-corrected chi connectivity index (χ0v) is 11.2. The van der Waals surface area contributed by atoms with Gasteiger partial charge in [0.25, 0.3) is 6.43 Å². The Labute approximate surface area is 119 Å². The number of rotatable bonds is 6. The number of hydrogen-bond acceptors (Lipinski definition) is 6. The van der Waals surface area contributed by atoms with Crippen molar-refractivity contribution in [3.63, 3.8) is 0 Å². The van der Waals surface area contributed by atoms with Gasteiger partial charge in [0.05, 0.1) is 30.4 Å². The number of halogens is 2. The largest absolute Gasteiger partial charge is 0.375 e. The third-order valence-electron chi connectivity index (χ3n) is 3.23. The lowest BCUT2D eigenvalue weighted by atomic mass is 10.1. The van der Waals surface area contributed by atoms with E-state index in [4.69, 9.17) is 9.26 Å². The molecule has 7 nitrogen and oxygen atoms in total. The first-order chi connectivity index (χ1) is 10.2. The predicted octanol–water partition coefficient (Wildman–Crippen LogP) is 1.00. The smallest absolute Gasteiger partial charge is 0.261 e. The Hall–Kier alpha value is -1.87. The van der Waals surface area contributed by atoms with Gasteiger partial charge in [-0.1, -0.05) is 5.16 Å². The minimum Gasteiger partial charge on any atom is -0.375 e. The van der Waals surface area contributed by atoms with E-state index in [-0.39, 0.29) is 12.6 Å². The van der Waals surface area contributed by atoms with Crippen LogP contribution in [0.15, 0.2) is 10.9 Å². The molecule has 1 aliphatic rings. The van der Waals surface area contributed by atoms with Crippen LogP contribution in [0.1, 0.15) is 29.1 Å². The number of aromatic nitrogens is 4. The summed E-state index contributed by atoms with van der Waals surface area (Å²) < 4.78 is 33.8. The molecule has 114 valence electrons. The van der Waals surface area contributed by atoms with Crippen molar-refractivity contribution in [2.24, 2.45) is 0 Å². The maximum atomic E-state index is 11.9. The average Bonchev–Trinajstić information content (AvgIpc) is 3.11. The second-order valence-corrected chi connectivity index (χ2v) is 4.73. The molecule has 0 radical (unpaired) electrons. The molecule has 0 aromatic carbocycles. The molecule has 9 heteroatoms. The van der Waals surface area contributed by atoms with E-state index in [2.05, 4.69) is 25.4 Å². The van der Waals surface area contributed by atoms with Gasteiger partial charge < -0.3 is 14.2 Å². The molecule has 1 unspecified atom stereocenters. The van der Waals surface area contributed by atoms with Gasteiger partial charge in [0.1, 0.15) is 6.61 Å². The van der Waals surface area contributed by atoms with E-state index in [1.807, 2.05) is 0 Å². The highest BCUT2D eigenvalue weighted by Crippen LogP contribution is 2.22. The molecule has 0 bridgehead atoms. The van der Waals surface area contributed by atoms with Crippen LogP contribution in [0, 0.1) is 0 Å². The van der Waals surface area contributed by atoms with Gasteiger partial charge in [0.15, 0.2) is 5.82 Å². The summed E-state index contributed by atoms with van der Waals surface area (Å²) in [4.78, 5) is 11.6. The molecule has 0 saturated heterocycles. The van der Waals surface area contributed by atoms with Crippen LogP contribution in [0.5, 0.6) is 0 Å². The highest BCUT2D eigenvalue weighted by Gasteiger charge is 2.25. The van der Waals surface area contributed by atoms with Crippen LogP contribution in [0.25, 0.3) is 0 Å². The maximum Gasteiger partial charge on any atom is 0.261 e. The molecule has 0 saturated carbocycles. The summed E-state index contributed by atoms with van der Waals surface area (Å²) in [5.41, 5.74) is 2.05. The molecule has 0 spiro atoms. The molecule has 1 atom stereocenters. The first-order valence-corrected chi connectivity index (χ1v) is 6.65. The molecule has 0 amide bonds. The topological polar surface area (TPSA) is 88.9 Å². The van der Waals surface area contributed by atoms with Gasteiger partial charge in [-0.15, -0.1) is 0 Å². The summed E-state index contributed by atoms with van der Waals surface area (Å²) in [6, 6.07) is -0.0796. The monoisotopic (exact) mass is 299 g/mol. The van der Waals surface area contributed by atoms with Crippen molar-refractivity contribution in [2.75, 3.05) is 13.2 Å². The SMILES string of the molecule is FC(F)COCCc1noc(C2Cc3nc[nH]c3CN2)n1. The van der Waals surface area contributed by atoms with Crippen LogP contribution in [-0.2, 0) is 24.1 Å². The fourth-order valence-corrected chi connectivity index (χ4v) is 2.19. The third-order valence-corrected chi connectivity index (χ3v) is 3.23. The summed E-state index contributed by atoms with van der Waals surface area (Å²) in [6.45, 7) is 0.233. The first kappa shape index (κ1) is 14.1. The Morgan fingerprint density at radius 1 is 1.48 bits per heavy atom. The number of H-pyrrole nitrogens is 1. The lowest BCUT2D eigenvalue weighted by Crippen LogP contribution is -2.28. The van der Waals surface area contributed by atoms with Crippen molar-refractivity contribution in [3.05, 3.63) is 29.4 Å². The van der Waals surface area contributed by atoms with E-state index in [0.717, 1.165) is 11.4 Å². The van der Waals surface area contributed by atoms with E-state index < -0.39 is 13.0 Å². The molecule has 3 rings (SSSR count). The van der Waals surface area contributed by atoms with Crippen LogP contribution in [0.3, 0.4) is 0 Å². The van der Waals surface area contributed by atoms with Crippen molar-refractivity contribution in [3.8, 4) is 0 Å². The maximum absolute atomic E-state index is 11.9. The molecule has 21 heavy (non-hydrogen) atoms.